The third-order valence-electron chi connectivity index (χ3n) is 2.97. The second kappa shape index (κ2) is 5.82. The number of nitrogens with one attached hydrogen (secondary N) is 1. The quantitative estimate of drug-likeness (QED) is 0.821. The fraction of sp³-hybridized carbons (Fsp3) is 0.667. The third-order valence-corrected chi connectivity index (χ3v) is 2.97. The normalized spacial score (nSPS) is 14.7. The highest BCUT2D eigenvalue weighted by atomic mass is 16.2. The van der Waals surface area contributed by atoms with Crippen LogP contribution in [0.4, 0.5) is 5.82 Å². The summed E-state index contributed by atoms with van der Waals surface area (Å²) < 4.78 is 1.77. The van der Waals surface area contributed by atoms with E-state index >= 15 is 0 Å². The lowest BCUT2D eigenvalue weighted by atomic mass is 9.99. The first-order valence-electron chi connectivity index (χ1n) is 6.07. The molecule has 0 radical (unpaired) electrons. The Kier molecular flexibility index (Phi) is 4.69. The Hall–Kier alpha value is -1.36. The van der Waals surface area contributed by atoms with E-state index < -0.39 is 6.04 Å². The van der Waals surface area contributed by atoms with Crippen molar-refractivity contribution in [2.24, 2.45) is 11.7 Å². The summed E-state index contributed by atoms with van der Waals surface area (Å²) in [7, 11) is 0. The van der Waals surface area contributed by atoms with Crippen molar-refractivity contribution in [1.29, 1.82) is 0 Å². The van der Waals surface area contributed by atoms with Crippen molar-refractivity contribution in [2.75, 3.05) is 5.32 Å². The van der Waals surface area contributed by atoms with E-state index in [0.717, 1.165) is 6.42 Å². The van der Waals surface area contributed by atoms with E-state index in [1.54, 1.807) is 16.9 Å². The molecule has 1 rings (SSSR count). The molecule has 0 saturated carbocycles. The van der Waals surface area contributed by atoms with Gasteiger partial charge in [0.2, 0.25) is 5.91 Å². The Morgan fingerprint density at radius 2 is 2.18 bits per heavy atom. The van der Waals surface area contributed by atoms with Crippen LogP contribution >= 0.6 is 0 Å². The molecule has 0 aliphatic carbocycles. The highest BCUT2D eigenvalue weighted by Gasteiger charge is 2.20. The number of aromatic nitrogens is 2. The molecule has 1 heterocycles. The van der Waals surface area contributed by atoms with Crippen molar-refractivity contribution in [3.63, 3.8) is 0 Å². The monoisotopic (exact) mass is 238 g/mol. The molecule has 0 fully saturated rings. The van der Waals surface area contributed by atoms with Crippen LogP contribution in [-0.2, 0) is 4.79 Å². The highest BCUT2D eigenvalue weighted by molar-refractivity contribution is 5.94. The van der Waals surface area contributed by atoms with Crippen LogP contribution in [0.2, 0.25) is 0 Å². The predicted molar refractivity (Wildman–Crippen MR) is 68.7 cm³/mol. The molecule has 2 atom stereocenters. The molecule has 0 aliphatic heterocycles. The molecule has 17 heavy (non-hydrogen) atoms. The van der Waals surface area contributed by atoms with Gasteiger partial charge in [0, 0.05) is 12.1 Å². The molecule has 0 bridgehead atoms. The van der Waals surface area contributed by atoms with E-state index in [1.807, 2.05) is 27.7 Å². The lowest BCUT2D eigenvalue weighted by Crippen LogP contribution is -2.41. The molecule has 0 saturated heterocycles. The molecule has 0 aromatic carbocycles. The maximum atomic E-state index is 11.9. The van der Waals surface area contributed by atoms with Crippen molar-refractivity contribution in [3.8, 4) is 0 Å². The largest absolute Gasteiger partial charge is 0.320 e. The number of nitrogens with two attached hydrogens (primary N) is 1. The molecule has 5 nitrogen and oxygen atoms in total. The summed E-state index contributed by atoms with van der Waals surface area (Å²) in [6, 6.07) is 1.51. The maximum Gasteiger partial charge on any atom is 0.242 e. The first-order valence-corrected chi connectivity index (χ1v) is 6.07. The van der Waals surface area contributed by atoms with Crippen molar-refractivity contribution < 1.29 is 4.79 Å². The fourth-order valence-electron chi connectivity index (χ4n) is 1.55. The van der Waals surface area contributed by atoms with Gasteiger partial charge in [-0.1, -0.05) is 20.3 Å². The lowest BCUT2D eigenvalue weighted by molar-refractivity contribution is -0.118. The van der Waals surface area contributed by atoms with Crippen LogP contribution in [0, 0.1) is 5.92 Å². The number of amides is 1. The standard InChI is InChI=1S/C12H22N4O/c1-5-9(4)11(13)12(17)15-10-6-7-14-16(10)8(2)3/h6-9,11H,5,13H2,1-4H3,(H,15,17)/t9-,11-/m0/s1. The van der Waals surface area contributed by atoms with E-state index in [4.69, 9.17) is 5.73 Å². The van der Waals surface area contributed by atoms with Crippen LogP contribution in [-0.4, -0.2) is 21.7 Å². The average Bonchev–Trinajstić information content (AvgIpc) is 2.75. The molecule has 3 N–H and O–H groups in total. The molecule has 5 heteroatoms. The van der Waals surface area contributed by atoms with Crippen LogP contribution in [0.5, 0.6) is 0 Å². The number of carbonyl (C=O) groups excluding carboxylic acids is 1. The molecule has 1 amide bonds. The van der Waals surface area contributed by atoms with Gasteiger partial charge in [-0.05, 0) is 19.8 Å². The number of hydrogen-bond donors (Lipinski definition) is 2. The second-order valence-electron chi connectivity index (χ2n) is 4.66. The molecule has 1 aromatic rings. The van der Waals surface area contributed by atoms with E-state index in [2.05, 4.69) is 10.4 Å². The summed E-state index contributed by atoms with van der Waals surface area (Å²) in [4.78, 5) is 11.9. The molecule has 0 aliphatic rings. The van der Waals surface area contributed by atoms with Crippen molar-refractivity contribution >= 4 is 11.7 Å². The first-order chi connectivity index (χ1) is 7.97. The van der Waals surface area contributed by atoms with E-state index in [9.17, 15) is 4.79 Å². The summed E-state index contributed by atoms with van der Waals surface area (Å²) in [5.74, 6) is 0.718. The van der Waals surface area contributed by atoms with Gasteiger partial charge >= 0.3 is 0 Å². The summed E-state index contributed by atoms with van der Waals surface area (Å²) in [5.41, 5.74) is 5.87. The summed E-state index contributed by atoms with van der Waals surface area (Å²) >= 11 is 0. The topological polar surface area (TPSA) is 72.9 Å². The first kappa shape index (κ1) is 13.7. The molecular formula is C12H22N4O. The fourth-order valence-corrected chi connectivity index (χ4v) is 1.55. The van der Waals surface area contributed by atoms with Gasteiger partial charge in [0.1, 0.15) is 5.82 Å². The van der Waals surface area contributed by atoms with E-state index in [-0.39, 0.29) is 17.9 Å². The van der Waals surface area contributed by atoms with Crippen molar-refractivity contribution in [2.45, 2.75) is 46.2 Å². The minimum Gasteiger partial charge on any atom is -0.320 e. The Morgan fingerprint density at radius 3 is 2.71 bits per heavy atom. The van der Waals surface area contributed by atoms with Crippen LogP contribution < -0.4 is 11.1 Å². The molecular weight excluding hydrogens is 216 g/mol. The van der Waals surface area contributed by atoms with Crippen LogP contribution in [0.1, 0.15) is 40.2 Å². The summed E-state index contributed by atoms with van der Waals surface area (Å²) in [6.07, 6.45) is 2.56. The van der Waals surface area contributed by atoms with Crippen LogP contribution in [0.15, 0.2) is 12.3 Å². The number of anilines is 1. The Balaban J connectivity index is 2.71. The SMILES string of the molecule is CC[C@H](C)[C@H](N)C(=O)Nc1ccnn1C(C)C. The zero-order valence-corrected chi connectivity index (χ0v) is 11.0. The van der Waals surface area contributed by atoms with E-state index in [1.165, 1.54) is 0 Å². The van der Waals surface area contributed by atoms with Gasteiger partial charge in [-0.2, -0.15) is 5.10 Å². The zero-order chi connectivity index (χ0) is 13.0. The van der Waals surface area contributed by atoms with Gasteiger partial charge < -0.3 is 11.1 Å². The van der Waals surface area contributed by atoms with Gasteiger partial charge in [0.25, 0.3) is 0 Å². The number of carbonyl (C=O) groups is 1. The van der Waals surface area contributed by atoms with Crippen molar-refractivity contribution in [3.05, 3.63) is 12.3 Å². The molecule has 0 spiro atoms. The van der Waals surface area contributed by atoms with Gasteiger partial charge in [0.05, 0.1) is 12.2 Å². The Labute approximate surface area is 102 Å². The lowest BCUT2D eigenvalue weighted by Gasteiger charge is -2.18. The summed E-state index contributed by atoms with van der Waals surface area (Å²) in [5, 5.41) is 6.98. The average molecular weight is 238 g/mol. The molecule has 0 unspecified atom stereocenters. The number of rotatable bonds is 5. The van der Waals surface area contributed by atoms with Crippen LogP contribution in [0.25, 0.3) is 0 Å². The Bertz CT molecular complexity index is 372. The molecule has 96 valence electrons. The van der Waals surface area contributed by atoms with Gasteiger partial charge in [0.15, 0.2) is 0 Å². The van der Waals surface area contributed by atoms with Gasteiger partial charge in [-0.15, -0.1) is 0 Å². The third kappa shape index (κ3) is 3.30. The minimum absolute atomic E-state index is 0.151. The maximum absolute atomic E-state index is 11.9. The van der Waals surface area contributed by atoms with Gasteiger partial charge in [-0.3, -0.25) is 4.79 Å². The smallest absolute Gasteiger partial charge is 0.242 e. The summed E-state index contributed by atoms with van der Waals surface area (Å²) in [6.45, 7) is 8.02. The Morgan fingerprint density at radius 1 is 1.53 bits per heavy atom. The highest BCUT2D eigenvalue weighted by Crippen LogP contribution is 2.14. The molecule has 1 aromatic heterocycles. The number of hydrogen-bond acceptors (Lipinski definition) is 3. The minimum atomic E-state index is -0.476. The van der Waals surface area contributed by atoms with Gasteiger partial charge in [-0.25, -0.2) is 4.68 Å². The predicted octanol–water partition coefficient (Wildman–Crippen LogP) is 1.78. The van der Waals surface area contributed by atoms with E-state index in [0.29, 0.717) is 5.82 Å². The zero-order valence-electron chi connectivity index (χ0n) is 11.0. The number of nitrogens with zero attached hydrogens (tertiary/aromatic N) is 2. The van der Waals surface area contributed by atoms with Crippen LogP contribution in [0.3, 0.4) is 0 Å². The van der Waals surface area contributed by atoms with Crippen molar-refractivity contribution in [1.82, 2.24) is 9.78 Å². The second-order valence-corrected chi connectivity index (χ2v) is 4.66.